The molecule has 3 heteroatoms. The Morgan fingerprint density at radius 2 is 2.00 bits per heavy atom. The molecule has 74 valence electrons. The molecule has 0 amide bonds. The van der Waals surface area contributed by atoms with Crippen molar-refractivity contribution < 1.29 is 4.74 Å². The Kier molecular flexibility index (Phi) is 8.88. The zero-order valence-electron chi connectivity index (χ0n) is 8.60. The van der Waals surface area contributed by atoms with Gasteiger partial charge >= 0.3 is 0 Å². The molecular weight excluding hydrogens is 152 g/mol. The summed E-state index contributed by atoms with van der Waals surface area (Å²) in [6, 6.07) is 0. The molecule has 0 unspecified atom stereocenters. The summed E-state index contributed by atoms with van der Waals surface area (Å²) in [6.07, 6.45) is 1.21. The molecule has 0 heterocycles. The van der Waals surface area contributed by atoms with Gasteiger partial charge in [0.05, 0.1) is 6.61 Å². The van der Waals surface area contributed by atoms with Crippen LogP contribution in [0.3, 0.4) is 0 Å². The number of rotatable bonds is 8. The molecule has 0 radical (unpaired) electrons. The molecule has 0 rings (SSSR count). The zero-order chi connectivity index (χ0) is 9.23. The van der Waals surface area contributed by atoms with Crippen LogP contribution in [0.25, 0.3) is 0 Å². The topological polar surface area (TPSA) is 24.5 Å². The molecule has 0 aromatic rings. The molecule has 0 bridgehead atoms. The van der Waals surface area contributed by atoms with Crippen molar-refractivity contribution in [2.24, 2.45) is 0 Å². The van der Waals surface area contributed by atoms with E-state index in [0.29, 0.717) is 0 Å². The lowest BCUT2D eigenvalue weighted by atomic mass is 10.4. The van der Waals surface area contributed by atoms with E-state index in [0.717, 1.165) is 32.8 Å². The van der Waals surface area contributed by atoms with Gasteiger partial charge in [-0.15, -0.1) is 0 Å². The van der Waals surface area contributed by atoms with Gasteiger partial charge in [-0.2, -0.15) is 0 Å². The summed E-state index contributed by atoms with van der Waals surface area (Å²) in [5.74, 6) is 0. The number of ether oxygens (including phenoxy) is 1. The molecule has 3 nitrogen and oxygen atoms in total. The first-order chi connectivity index (χ1) is 5.81. The van der Waals surface area contributed by atoms with Gasteiger partial charge in [-0.1, -0.05) is 6.92 Å². The third-order valence-electron chi connectivity index (χ3n) is 1.77. The number of nitrogens with one attached hydrogen (secondary N) is 1. The predicted molar refractivity (Wildman–Crippen MR) is 52.5 cm³/mol. The molecule has 0 saturated heterocycles. The largest absolute Gasteiger partial charge is 0.383 e. The van der Waals surface area contributed by atoms with Crippen LogP contribution in [0.4, 0.5) is 0 Å². The third kappa shape index (κ3) is 7.98. The van der Waals surface area contributed by atoms with E-state index < -0.39 is 0 Å². The van der Waals surface area contributed by atoms with Gasteiger partial charge in [0.25, 0.3) is 0 Å². The smallest absolute Gasteiger partial charge is 0.0589 e. The lowest BCUT2D eigenvalue weighted by Gasteiger charge is -2.15. The second-order valence-electron chi connectivity index (χ2n) is 3.05. The number of hydrogen-bond acceptors (Lipinski definition) is 3. The lowest BCUT2D eigenvalue weighted by Crippen LogP contribution is -2.31. The average molecular weight is 174 g/mol. The first-order valence-corrected chi connectivity index (χ1v) is 4.69. The maximum Gasteiger partial charge on any atom is 0.0589 e. The lowest BCUT2D eigenvalue weighted by molar-refractivity contribution is 0.161. The highest BCUT2D eigenvalue weighted by Crippen LogP contribution is 1.80. The quantitative estimate of drug-likeness (QED) is 0.544. The van der Waals surface area contributed by atoms with Crippen molar-refractivity contribution in [2.75, 3.05) is 46.9 Å². The summed E-state index contributed by atoms with van der Waals surface area (Å²) in [4.78, 5) is 2.27. The highest BCUT2D eigenvalue weighted by molar-refractivity contribution is 4.53. The summed E-state index contributed by atoms with van der Waals surface area (Å²) in [6.45, 7) is 7.33. The summed E-state index contributed by atoms with van der Waals surface area (Å²) >= 11 is 0. The second kappa shape index (κ2) is 8.97. The van der Waals surface area contributed by atoms with E-state index in [4.69, 9.17) is 4.74 Å². The van der Waals surface area contributed by atoms with E-state index in [2.05, 4.69) is 24.2 Å². The minimum absolute atomic E-state index is 0.824. The van der Waals surface area contributed by atoms with Gasteiger partial charge in [0.2, 0.25) is 0 Å². The van der Waals surface area contributed by atoms with Gasteiger partial charge in [-0.3, -0.25) is 0 Å². The van der Waals surface area contributed by atoms with Crippen LogP contribution in [0.15, 0.2) is 0 Å². The van der Waals surface area contributed by atoms with Crippen molar-refractivity contribution in [1.82, 2.24) is 10.2 Å². The molecule has 0 saturated carbocycles. The molecular formula is C9H22N2O. The van der Waals surface area contributed by atoms with E-state index >= 15 is 0 Å². The van der Waals surface area contributed by atoms with Gasteiger partial charge in [-0.25, -0.2) is 0 Å². The SMILES string of the molecule is CCCNCCN(C)CCOC. The Morgan fingerprint density at radius 1 is 1.25 bits per heavy atom. The number of likely N-dealkylation sites (N-methyl/N-ethyl adjacent to an activating group) is 1. The standard InChI is InChI=1S/C9H22N2O/c1-4-5-10-6-7-11(2)8-9-12-3/h10H,4-9H2,1-3H3. The van der Waals surface area contributed by atoms with Crippen molar-refractivity contribution in [2.45, 2.75) is 13.3 Å². The highest BCUT2D eigenvalue weighted by Gasteiger charge is 1.95. The van der Waals surface area contributed by atoms with E-state index in [-0.39, 0.29) is 0 Å². The van der Waals surface area contributed by atoms with Crippen molar-refractivity contribution in [3.05, 3.63) is 0 Å². The van der Waals surface area contributed by atoms with Crippen molar-refractivity contribution in [1.29, 1.82) is 0 Å². The minimum Gasteiger partial charge on any atom is -0.383 e. The van der Waals surface area contributed by atoms with Crippen LogP contribution in [0, 0.1) is 0 Å². The summed E-state index contributed by atoms with van der Waals surface area (Å²) in [7, 11) is 3.86. The first-order valence-electron chi connectivity index (χ1n) is 4.69. The predicted octanol–water partition coefficient (Wildman–Crippen LogP) is 0.564. The number of hydrogen-bond donors (Lipinski definition) is 1. The van der Waals surface area contributed by atoms with Crippen LogP contribution >= 0.6 is 0 Å². The van der Waals surface area contributed by atoms with E-state index in [1.165, 1.54) is 6.42 Å². The fourth-order valence-electron chi connectivity index (χ4n) is 0.931. The third-order valence-corrected chi connectivity index (χ3v) is 1.77. The van der Waals surface area contributed by atoms with Gasteiger partial charge in [0.15, 0.2) is 0 Å². The Labute approximate surface area is 76.1 Å². The van der Waals surface area contributed by atoms with Crippen molar-refractivity contribution in [3.8, 4) is 0 Å². The Morgan fingerprint density at radius 3 is 2.58 bits per heavy atom. The molecule has 0 atom stereocenters. The van der Waals surface area contributed by atoms with E-state index in [1.54, 1.807) is 7.11 Å². The van der Waals surface area contributed by atoms with Gasteiger partial charge < -0.3 is 15.0 Å². The molecule has 0 spiro atoms. The fourth-order valence-corrected chi connectivity index (χ4v) is 0.931. The Balaban J connectivity index is 3.02. The fraction of sp³-hybridized carbons (Fsp3) is 1.00. The van der Waals surface area contributed by atoms with E-state index in [1.807, 2.05) is 0 Å². The first kappa shape index (κ1) is 11.9. The monoisotopic (exact) mass is 174 g/mol. The normalized spacial score (nSPS) is 11.0. The second-order valence-corrected chi connectivity index (χ2v) is 3.05. The van der Waals surface area contributed by atoms with Gasteiger partial charge in [0, 0.05) is 26.7 Å². The van der Waals surface area contributed by atoms with E-state index in [9.17, 15) is 0 Å². The molecule has 0 aromatic heterocycles. The highest BCUT2D eigenvalue weighted by atomic mass is 16.5. The zero-order valence-corrected chi connectivity index (χ0v) is 8.60. The average Bonchev–Trinajstić information content (AvgIpc) is 2.09. The molecule has 0 aliphatic heterocycles. The van der Waals surface area contributed by atoms with Gasteiger partial charge in [-0.05, 0) is 20.0 Å². The van der Waals surface area contributed by atoms with Crippen LogP contribution in [0.2, 0.25) is 0 Å². The van der Waals surface area contributed by atoms with Crippen LogP contribution < -0.4 is 5.32 Å². The minimum atomic E-state index is 0.824. The van der Waals surface area contributed by atoms with Crippen LogP contribution in [0.5, 0.6) is 0 Å². The Hall–Kier alpha value is -0.120. The van der Waals surface area contributed by atoms with Crippen LogP contribution in [0.1, 0.15) is 13.3 Å². The van der Waals surface area contributed by atoms with Gasteiger partial charge in [0.1, 0.15) is 0 Å². The number of nitrogens with zero attached hydrogens (tertiary/aromatic N) is 1. The summed E-state index contributed by atoms with van der Waals surface area (Å²) < 4.78 is 4.98. The molecule has 0 fully saturated rings. The summed E-state index contributed by atoms with van der Waals surface area (Å²) in [5.41, 5.74) is 0. The molecule has 12 heavy (non-hydrogen) atoms. The molecule has 0 aliphatic carbocycles. The van der Waals surface area contributed by atoms with Crippen LogP contribution in [-0.4, -0.2) is 51.8 Å². The number of methoxy groups -OCH3 is 1. The summed E-state index contributed by atoms with van der Waals surface area (Å²) in [5, 5.41) is 3.36. The van der Waals surface area contributed by atoms with Crippen molar-refractivity contribution in [3.63, 3.8) is 0 Å². The van der Waals surface area contributed by atoms with Crippen LogP contribution in [-0.2, 0) is 4.74 Å². The maximum atomic E-state index is 4.98. The Bertz CT molecular complexity index is 88.6. The maximum absolute atomic E-state index is 4.98. The molecule has 0 aliphatic rings. The molecule has 1 N–H and O–H groups in total. The molecule has 0 aromatic carbocycles. The van der Waals surface area contributed by atoms with Crippen molar-refractivity contribution >= 4 is 0 Å².